The van der Waals surface area contributed by atoms with Crippen LogP contribution in [0.1, 0.15) is 44.4 Å². The van der Waals surface area contributed by atoms with Gasteiger partial charge in [-0.05, 0) is 57.1 Å². The Morgan fingerprint density at radius 1 is 1.24 bits per heavy atom. The largest absolute Gasteiger partial charge is 0.309 e. The summed E-state index contributed by atoms with van der Waals surface area (Å²) in [6, 6.07) is 5.71. The fourth-order valence-electron chi connectivity index (χ4n) is 4.07. The summed E-state index contributed by atoms with van der Waals surface area (Å²) in [6.45, 7) is 10.2. The molecule has 2 aliphatic rings. The summed E-state index contributed by atoms with van der Waals surface area (Å²) >= 11 is 0. The number of nitrogens with zero attached hydrogens (tertiary/aromatic N) is 2. The molecule has 1 aliphatic heterocycles. The van der Waals surface area contributed by atoms with Gasteiger partial charge in [-0.15, -0.1) is 0 Å². The summed E-state index contributed by atoms with van der Waals surface area (Å²) in [5.41, 5.74) is 2.41. The zero-order valence-electron chi connectivity index (χ0n) is 13.7. The van der Waals surface area contributed by atoms with Gasteiger partial charge >= 0.3 is 0 Å². The standard InChI is InChI=1S/C18H29N3/c1-13(2)21-11-16-5-4-6-17(12-21)18(16)20-10-15-8-7-14(3)19-9-15/h7-9,13,16-18,20H,4-6,10-12H2,1-3H3. The molecule has 0 radical (unpaired) electrons. The minimum atomic E-state index is 0.690. The minimum Gasteiger partial charge on any atom is -0.309 e. The Labute approximate surface area is 129 Å². The lowest BCUT2D eigenvalue weighted by molar-refractivity contribution is 0.0290. The van der Waals surface area contributed by atoms with E-state index in [1.54, 1.807) is 0 Å². The third-order valence-corrected chi connectivity index (χ3v) is 5.35. The van der Waals surface area contributed by atoms with E-state index in [0.29, 0.717) is 12.1 Å². The van der Waals surface area contributed by atoms with Crippen molar-refractivity contribution in [1.29, 1.82) is 0 Å². The van der Waals surface area contributed by atoms with Gasteiger partial charge in [0, 0.05) is 43.6 Å². The van der Waals surface area contributed by atoms with Crippen LogP contribution in [-0.2, 0) is 6.54 Å². The van der Waals surface area contributed by atoms with Crippen molar-refractivity contribution in [3.8, 4) is 0 Å². The van der Waals surface area contributed by atoms with Crippen molar-refractivity contribution in [2.45, 2.75) is 58.7 Å². The molecule has 1 saturated heterocycles. The topological polar surface area (TPSA) is 28.2 Å². The Morgan fingerprint density at radius 3 is 2.52 bits per heavy atom. The molecule has 116 valence electrons. The van der Waals surface area contributed by atoms with Crippen LogP contribution in [0.2, 0.25) is 0 Å². The smallest absolute Gasteiger partial charge is 0.0372 e. The second kappa shape index (κ2) is 6.45. The number of rotatable bonds is 4. The average Bonchev–Trinajstić information content (AvgIpc) is 2.45. The molecule has 2 heterocycles. The molecule has 3 heteroatoms. The normalized spacial score (nSPS) is 29.8. The average molecular weight is 287 g/mol. The van der Waals surface area contributed by atoms with Crippen LogP contribution in [0, 0.1) is 18.8 Å². The van der Waals surface area contributed by atoms with Crippen LogP contribution in [-0.4, -0.2) is 35.1 Å². The lowest BCUT2D eigenvalue weighted by Crippen LogP contribution is -2.58. The van der Waals surface area contributed by atoms with Gasteiger partial charge in [-0.3, -0.25) is 4.98 Å². The van der Waals surface area contributed by atoms with Crippen molar-refractivity contribution in [2.24, 2.45) is 11.8 Å². The number of aromatic nitrogens is 1. The van der Waals surface area contributed by atoms with Gasteiger partial charge in [-0.1, -0.05) is 12.5 Å². The molecule has 2 fully saturated rings. The van der Waals surface area contributed by atoms with Crippen LogP contribution < -0.4 is 5.32 Å². The predicted octanol–water partition coefficient (Wildman–Crippen LogP) is 2.99. The van der Waals surface area contributed by atoms with Crippen molar-refractivity contribution in [3.63, 3.8) is 0 Å². The van der Waals surface area contributed by atoms with E-state index in [1.165, 1.54) is 37.9 Å². The number of fused-ring (bicyclic) bond motifs is 2. The van der Waals surface area contributed by atoms with Gasteiger partial charge in [0.15, 0.2) is 0 Å². The fourth-order valence-corrected chi connectivity index (χ4v) is 4.07. The number of hydrogen-bond acceptors (Lipinski definition) is 3. The van der Waals surface area contributed by atoms with Gasteiger partial charge < -0.3 is 10.2 Å². The summed E-state index contributed by atoms with van der Waals surface area (Å²) in [4.78, 5) is 7.08. The monoisotopic (exact) mass is 287 g/mol. The first-order valence-electron chi connectivity index (χ1n) is 8.52. The first-order chi connectivity index (χ1) is 10.1. The van der Waals surface area contributed by atoms with Crippen molar-refractivity contribution in [1.82, 2.24) is 15.2 Å². The van der Waals surface area contributed by atoms with Gasteiger partial charge in [-0.25, -0.2) is 0 Å². The SMILES string of the molecule is Cc1ccc(CNC2C3CCCC2CN(C(C)C)C3)cn1. The molecule has 3 nitrogen and oxygen atoms in total. The van der Waals surface area contributed by atoms with Crippen LogP contribution in [0.3, 0.4) is 0 Å². The van der Waals surface area contributed by atoms with Crippen molar-refractivity contribution < 1.29 is 0 Å². The molecule has 1 aromatic rings. The highest BCUT2D eigenvalue weighted by Gasteiger charge is 2.39. The fraction of sp³-hybridized carbons (Fsp3) is 0.722. The van der Waals surface area contributed by atoms with Crippen LogP contribution in [0.15, 0.2) is 18.3 Å². The number of piperidine rings is 1. The maximum Gasteiger partial charge on any atom is 0.0372 e. The maximum atomic E-state index is 4.40. The molecule has 2 bridgehead atoms. The van der Waals surface area contributed by atoms with E-state index in [2.05, 4.69) is 41.2 Å². The van der Waals surface area contributed by atoms with Gasteiger partial charge in [0.2, 0.25) is 0 Å². The molecule has 0 aromatic carbocycles. The Hall–Kier alpha value is -0.930. The summed E-state index contributed by atoms with van der Waals surface area (Å²) in [6.07, 6.45) is 6.22. The number of nitrogens with one attached hydrogen (secondary N) is 1. The molecular weight excluding hydrogens is 258 g/mol. The summed E-state index contributed by atoms with van der Waals surface area (Å²) in [5, 5.41) is 3.85. The van der Waals surface area contributed by atoms with E-state index in [9.17, 15) is 0 Å². The van der Waals surface area contributed by atoms with Crippen LogP contribution in [0.5, 0.6) is 0 Å². The number of aryl methyl sites for hydroxylation is 1. The van der Waals surface area contributed by atoms with Gasteiger partial charge in [-0.2, -0.15) is 0 Å². The highest BCUT2D eigenvalue weighted by molar-refractivity contribution is 5.13. The van der Waals surface area contributed by atoms with E-state index in [0.717, 1.165) is 24.1 Å². The second-order valence-electron chi connectivity index (χ2n) is 7.21. The zero-order valence-corrected chi connectivity index (χ0v) is 13.7. The Morgan fingerprint density at radius 2 is 1.95 bits per heavy atom. The van der Waals surface area contributed by atoms with Gasteiger partial charge in [0.25, 0.3) is 0 Å². The van der Waals surface area contributed by atoms with E-state index in [4.69, 9.17) is 0 Å². The Kier molecular flexibility index (Phi) is 4.60. The van der Waals surface area contributed by atoms with Crippen molar-refractivity contribution >= 4 is 0 Å². The number of hydrogen-bond donors (Lipinski definition) is 1. The maximum absolute atomic E-state index is 4.40. The van der Waals surface area contributed by atoms with E-state index >= 15 is 0 Å². The molecule has 3 rings (SSSR count). The van der Waals surface area contributed by atoms with Gasteiger partial charge in [0.1, 0.15) is 0 Å². The highest BCUT2D eigenvalue weighted by Crippen LogP contribution is 2.35. The van der Waals surface area contributed by atoms with E-state index in [-0.39, 0.29) is 0 Å². The molecule has 0 spiro atoms. The summed E-state index contributed by atoms with van der Waals surface area (Å²) in [7, 11) is 0. The lowest BCUT2D eigenvalue weighted by atomic mass is 9.73. The molecule has 1 aliphatic carbocycles. The van der Waals surface area contributed by atoms with Crippen molar-refractivity contribution in [3.05, 3.63) is 29.6 Å². The lowest BCUT2D eigenvalue weighted by Gasteiger charge is -2.49. The number of likely N-dealkylation sites (tertiary alicyclic amines) is 1. The third kappa shape index (κ3) is 3.46. The highest BCUT2D eigenvalue weighted by atomic mass is 15.2. The summed E-state index contributed by atoms with van der Waals surface area (Å²) in [5.74, 6) is 1.66. The first-order valence-corrected chi connectivity index (χ1v) is 8.52. The Bertz CT molecular complexity index is 440. The molecule has 2 unspecified atom stereocenters. The predicted molar refractivity (Wildman–Crippen MR) is 87.1 cm³/mol. The molecule has 1 N–H and O–H groups in total. The number of pyridine rings is 1. The molecule has 1 aromatic heterocycles. The molecule has 2 atom stereocenters. The van der Waals surface area contributed by atoms with E-state index in [1.807, 2.05) is 13.1 Å². The van der Waals surface area contributed by atoms with Crippen LogP contribution >= 0.6 is 0 Å². The Balaban J connectivity index is 1.61. The molecule has 0 amide bonds. The molecule has 1 saturated carbocycles. The molecule has 21 heavy (non-hydrogen) atoms. The summed E-state index contributed by atoms with van der Waals surface area (Å²) < 4.78 is 0. The van der Waals surface area contributed by atoms with Crippen LogP contribution in [0.25, 0.3) is 0 Å². The minimum absolute atomic E-state index is 0.690. The van der Waals surface area contributed by atoms with Gasteiger partial charge in [0.05, 0.1) is 0 Å². The quantitative estimate of drug-likeness (QED) is 0.923. The van der Waals surface area contributed by atoms with Crippen molar-refractivity contribution in [2.75, 3.05) is 13.1 Å². The zero-order chi connectivity index (χ0) is 14.8. The van der Waals surface area contributed by atoms with E-state index < -0.39 is 0 Å². The second-order valence-corrected chi connectivity index (χ2v) is 7.21. The third-order valence-electron chi connectivity index (χ3n) is 5.35. The first kappa shape index (κ1) is 15.0. The van der Waals surface area contributed by atoms with Crippen LogP contribution in [0.4, 0.5) is 0 Å². The molecular formula is C18H29N3.